The van der Waals surface area contributed by atoms with E-state index in [1.807, 2.05) is 6.07 Å². The molecule has 3 nitrogen and oxygen atoms in total. The fourth-order valence-electron chi connectivity index (χ4n) is 2.94. The molecule has 1 aliphatic carbocycles. The highest BCUT2D eigenvalue weighted by molar-refractivity contribution is 5.46. The lowest BCUT2D eigenvalue weighted by molar-refractivity contribution is 0.104. The number of benzene rings is 1. The van der Waals surface area contributed by atoms with Gasteiger partial charge in [0.25, 0.3) is 0 Å². The van der Waals surface area contributed by atoms with Gasteiger partial charge in [-0.15, -0.1) is 0 Å². The molecule has 0 amide bonds. The Kier molecular flexibility index (Phi) is 2.74. The van der Waals surface area contributed by atoms with Crippen molar-refractivity contribution in [3.05, 3.63) is 23.8 Å². The third-order valence-electron chi connectivity index (χ3n) is 4.31. The van der Waals surface area contributed by atoms with E-state index in [1.165, 1.54) is 5.56 Å². The summed E-state index contributed by atoms with van der Waals surface area (Å²) in [4.78, 5) is 0. The molecule has 1 fully saturated rings. The molecular weight excluding hydrogens is 226 g/mol. The maximum atomic E-state index is 6.49. The van der Waals surface area contributed by atoms with Crippen LogP contribution in [0.25, 0.3) is 0 Å². The molecule has 0 spiro atoms. The first-order valence-electron chi connectivity index (χ1n) is 6.77. The Bertz CT molecular complexity index is 450. The molecule has 1 aromatic rings. The van der Waals surface area contributed by atoms with Gasteiger partial charge in [0, 0.05) is 5.54 Å². The molecule has 1 aliphatic heterocycles. The lowest BCUT2D eigenvalue weighted by Crippen LogP contribution is -2.50. The van der Waals surface area contributed by atoms with Crippen LogP contribution in [0.5, 0.6) is 11.5 Å². The molecule has 0 unspecified atom stereocenters. The Labute approximate surface area is 108 Å². The van der Waals surface area contributed by atoms with Crippen LogP contribution in [-0.4, -0.2) is 13.2 Å². The van der Waals surface area contributed by atoms with Gasteiger partial charge in [-0.3, -0.25) is 0 Å². The third-order valence-corrected chi connectivity index (χ3v) is 4.31. The molecule has 0 saturated heterocycles. The molecule has 98 valence electrons. The van der Waals surface area contributed by atoms with Crippen molar-refractivity contribution in [1.29, 1.82) is 0 Å². The quantitative estimate of drug-likeness (QED) is 0.874. The highest BCUT2D eigenvalue weighted by Crippen LogP contribution is 2.48. The SMILES string of the molecule is CC(C)C1CC(N)(c2ccc3c(c2)OCCO3)C1. The molecule has 1 aromatic carbocycles. The van der Waals surface area contributed by atoms with Crippen LogP contribution in [-0.2, 0) is 5.54 Å². The largest absolute Gasteiger partial charge is 0.486 e. The predicted molar refractivity (Wildman–Crippen MR) is 70.9 cm³/mol. The van der Waals surface area contributed by atoms with Gasteiger partial charge in [-0.1, -0.05) is 19.9 Å². The van der Waals surface area contributed by atoms with Crippen LogP contribution in [0.1, 0.15) is 32.3 Å². The molecule has 0 atom stereocenters. The van der Waals surface area contributed by atoms with Crippen LogP contribution in [0.3, 0.4) is 0 Å². The second kappa shape index (κ2) is 4.16. The van der Waals surface area contributed by atoms with Crippen molar-refractivity contribution >= 4 is 0 Å². The maximum Gasteiger partial charge on any atom is 0.161 e. The maximum absolute atomic E-state index is 6.49. The molecule has 0 aromatic heterocycles. The molecule has 1 saturated carbocycles. The van der Waals surface area contributed by atoms with Crippen molar-refractivity contribution in [2.45, 2.75) is 32.2 Å². The number of ether oxygens (including phenoxy) is 2. The van der Waals surface area contributed by atoms with Gasteiger partial charge in [0.2, 0.25) is 0 Å². The monoisotopic (exact) mass is 247 g/mol. The molecule has 18 heavy (non-hydrogen) atoms. The van der Waals surface area contributed by atoms with Crippen molar-refractivity contribution in [3.8, 4) is 11.5 Å². The molecule has 0 bridgehead atoms. The summed E-state index contributed by atoms with van der Waals surface area (Å²) < 4.78 is 11.2. The minimum Gasteiger partial charge on any atom is -0.486 e. The van der Waals surface area contributed by atoms with Crippen LogP contribution in [0, 0.1) is 11.8 Å². The molecule has 3 heteroatoms. The number of nitrogens with two attached hydrogens (primary N) is 1. The predicted octanol–water partition coefficient (Wildman–Crippen LogP) is 2.68. The lowest BCUT2D eigenvalue weighted by atomic mass is 9.62. The van der Waals surface area contributed by atoms with Gasteiger partial charge in [0.15, 0.2) is 11.5 Å². The van der Waals surface area contributed by atoms with Crippen LogP contribution >= 0.6 is 0 Å². The summed E-state index contributed by atoms with van der Waals surface area (Å²) in [5, 5.41) is 0. The van der Waals surface area contributed by atoms with Crippen molar-refractivity contribution in [1.82, 2.24) is 0 Å². The summed E-state index contributed by atoms with van der Waals surface area (Å²) in [5.41, 5.74) is 7.51. The first kappa shape index (κ1) is 11.8. The van der Waals surface area contributed by atoms with E-state index in [0.717, 1.165) is 36.2 Å². The molecule has 1 heterocycles. The second-order valence-electron chi connectivity index (χ2n) is 5.93. The van der Waals surface area contributed by atoms with Crippen molar-refractivity contribution in [2.75, 3.05) is 13.2 Å². The third kappa shape index (κ3) is 1.87. The van der Waals surface area contributed by atoms with Gasteiger partial charge in [0.1, 0.15) is 13.2 Å². The van der Waals surface area contributed by atoms with Crippen molar-refractivity contribution < 1.29 is 9.47 Å². The zero-order valence-electron chi connectivity index (χ0n) is 11.1. The Morgan fingerprint density at radius 3 is 2.50 bits per heavy atom. The van der Waals surface area contributed by atoms with Gasteiger partial charge < -0.3 is 15.2 Å². The Morgan fingerprint density at radius 2 is 1.83 bits per heavy atom. The number of hydrogen-bond donors (Lipinski definition) is 1. The van der Waals surface area contributed by atoms with E-state index in [4.69, 9.17) is 15.2 Å². The molecule has 2 aliphatic rings. The van der Waals surface area contributed by atoms with E-state index >= 15 is 0 Å². The fraction of sp³-hybridized carbons (Fsp3) is 0.600. The topological polar surface area (TPSA) is 44.5 Å². The first-order chi connectivity index (χ1) is 8.58. The summed E-state index contributed by atoms with van der Waals surface area (Å²) in [5.74, 6) is 3.16. The molecule has 0 radical (unpaired) electrons. The molecule has 2 N–H and O–H groups in total. The summed E-state index contributed by atoms with van der Waals surface area (Å²) in [6, 6.07) is 6.14. The van der Waals surface area contributed by atoms with Gasteiger partial charge >= 0.3 is 0 Å². The minimum absolute atomic E-state index is 0.162. The van der Waals surface area contributed by atoms with Crippen LogP contribution in [0.2, 0.25) is 0 Å². The van der Waals surface area contributed by atoms with Gasteiger partial charge in [-0.2, -0.15) is 0 Å². The van der Waals surface area contributed by atoms with Crippen molar-refractivity contribution in [2.24, 2.45) is 17.6 Å². The van der Waals surface area contributed by atoms with Gasteiger partial charge in [-0.05, 0) is 42.4 Å². The van der Waals surface area contributed by atoms with E-state index in [2.05, 4.69) is 26.0 Å². The summed E-state index contributed by atoms with van der Waals surface area (Å²) in [6.07, 6.45) is 2.15. The van der Waals surface area contributed by atoms with Crippen LogP contribution < -0.4 is 15.2 Å². The summed E-state index contributed by atoms with van der Waals surface area (Å²) in [7, 11) is 0. The minimum atomic E-state index is -0.162. The summed E-state index contributed by atoms with van der Waals surface area (Å²) >= 11 is 0. The van der Waals surface area contributed by atoms with Crippen molar-refractivity contribution in [3.63, 3.8) is 0 Å². The number of rotatable bonds is 2. The standard InChI is InChI=1S/C15H21NO2/c1-10(2)11-8-15(16,9-11)12-3-4-13-14(7-12)18-6-5-17-13/h3-4,7,10-11H,5-6,8-9,16H2,1-2H3. The van der Waals surface area contributed by atoms with E-state index in [9.17, 15) is 0 Å². The smallest absolute Gasteiger partial charge is 0.161 e. The van der Waals surface area contributed by atoms with E-state index < -0.39 is 0 Å². The zero-order chi connectivity index (χ0) is 12.8. The van der Waals surface area contributed by atoms with Crippen LogP contribution in [0.4, 0.5) is 0 Å². The highest BCUT2D eigenvalue weighted by atomic mass is 16.6. The fourth-order valence-corrected chi connectivity index (χ4v) is 2.94. The first-order valence-corrected chi connectivity index (χ1v) is 6.77. The van der Waals surface area contributed by atoms with E-state index in [-0.39, 0.29) is 5.54 Å². The Morgan fingerprint density at radius 1 is 1.17 bits per heavy atom. The zero-order valence-corrected chi connectivity index (χ0v) is 11.1. The lowest BCUT2D eigenvalue weighted by Gasteiger charge is -2.47. The second-order valence-corrected chi connectivity index (χ2v) is 5.93. The Hall–Kier alpha value is -1.22. The highest BCUT2D eigenvalue weighted by Gasteiger charge is 2.43. The van der Waals surface area contributed by atoms with Gasteiger partial charge in [0.05, 0.1) is 0 Å². The van der Waals surface area contributed by atoms with E-state index in [0.29, 0.717) is 13.2 Å². The van der Waals surface area contributed by atoms with Gasteiger partial charge in [-0.25, -0.2) is 0 Å². The Balaban J connectivity index is 1.81. The number of hydrogen-bond acceptors (Lipinski definition) is 3. The number of fused-ring (bicyclic) bond motifs is 1. The normalized spacial score (nSPS) is 30.1. The average Bonchev–Trinajstić information content (AvgIpc) is 2.34. The van der Waals surface area contributed by atoms with E-state index in [1.54, 1.807) is 0 Å². The average molecular weight is 247 g/mol. The molecule has 3 rings (SSSR count). The molecular formula is C15H21NO2. The summed E-state index contributed by atoms with van der Waals surface area (Å²) in [6.45, 7) is 5.81. The van der Waals surface area contributed by atoms with Crippen LogP contribution in [0.15, 0.2) is 18.2 Å².